The van der Waals surface area contributed by atoms with Gasteiger partial charge in [0.25, 0.3) is 11.5 Å². The summed E-state index contributed by atoms with van der Waals surface area (Å²) >= 11 is 0. The molecule has 0 aromatic carbocycles. The van der Waals surface area contributed by atoms with E-state index in [4.69, 9.17) is 0 Å². The van der Waals surface area contributed by atoms with E-state index in [1.807, 2.05) is 13.8 Å². The molecule has 0 N–H and O–H groups in total. The maximum atomic E-state index is 12.9. The molecular weight excluding hydrogens is 350 g/mol. The van der Waals surface area contributed by atoms with Crippen molar-refractivity contribution in [3.8, 4) is 0 Å². The van der Waals surface area contributed by atoms with E-state index in [1.54, 1.807) is 26.5 Å². The first-order chi connectivity index (χ1) is 13.0. The zero-order valence-corrected chi connectivity index (χ0v) is 15.5. The van der Waals surface area contributed by atoms with Crippen LogP contribution in [0.2, 0.25) is 0 Å². The normalized spacial score (nSPS) is 14.9. The van der Waals surface area contributed by atoms with Gasteiger partial charge < -0.3 is 14.4 Å². The number of nitrogens with zero attached hydrogens (tertiary/aromatic N) is 7. The van der Waals surface area contributed by atoms with E-state index < -0.39 is 0 Å². The van der Waals surface area contributed by atoms with E-state index in [2.05, 4.69) is 15.5 Å². The summed E-state index contributed by atoms with van der Waals surface area (Å²) in [7, 11) is 0. The summed E-state index contributed by atoms with van der Waals surface area (Å²) < 4.78 is 2.96. The lowest BCUT2D eigenvalue weighted by Gasteiger charge is -2.22. The van der Waals surface area contributed by atoms with Gasteiger partial charge >= 0.3 is 0 Å². The second-order valence-electron chi connectivity index (χ2n) is 6.47. The van der Waals surface area contributed by atoms with Crippen LogP contribution in [0, 0.1) is 6.92 Å². The van der Waals surface area contributed by atoms with Gasteiger partial charge in [-0.2, -0.15) is 0 Å². The number of hydrogen-bond acceptors (Lipinski definition) is 6. The second-order valence-corrected chi connectivity index (χ2v) is 6.47. The van der Waals surface area contributed by atoms with E-state index in [0.717, 1.165) is 5.69 Å². The molecule has 3 heterocycles. The second kappa shape index (κ2) is 8.11. The predicted octanol–water partition coefficient (Wildman–Crippen LogP) is -0.462. The van der Waals surface area contributed by atoms with Gasteiger partial charge in [0.2, 0.25) is 5.91 Å². The highest BCUT2D eigenvalue weighted by Gasteiger charge is 2.25. The lowest BCUT2D eigenvalue weighted by atomic mass is 10.2. The summed E-state index contributed by atoms with van der Waals surface area (Å²) in [5.74, 6) is -0.378. The Morgan fingerprint density at radius 1 is 1.11 bits per heavy atom. The Kier molecular flexibility index (Phi) is 5.63. The Labute approximate surface area is 156 Å². The molecule has 0 spiro atoms. The van der Waals surface area contributed by atoms with Crippen LogP contribution in [0.5, 0.6) is 0 Å². The first-order valence-corrected chi connectivity index (χ1v) is 8.99. The number of carbonyl (C=O) groups excluding carboxylic acids is 2. The van der Waals surface area contributed by atoms with Crippen LogP contribution in [0.25, 0.3) is 0 Å². The molecule has 0 saturated carbocycles. The Hall–Kier alpha value is -3.04. The number of amides is 2. The van der Waals surface area contributed by atoms with Gasteiger partial charge in [-0.05, 0) is 42.8 Å². The van der Waals surface area contributed by atoms with Crippen LogP contribution >= 0.6 is 0 Å². The average molecular weight is 373 g/mol. The van der Waals surface area contributed by atoms with Crippen molar-refractivity contribution in [3.05, 3.63) is 40.1 Å². The zero-order chi connectivity index (χ0) is 19.4. The first-order valence-electron chi connectivity index (χ1n) is 8.99. The van der Waals surface area contributed by atoms with Gasteiger partial charge in [0.15, 0.2) is 0 Å². The lowest BCUT2D eigenvalue weighted by molar-refractivity contribution is -0.131. The maximum Gasteiger partial charge on any atom is 0.263 e. The Morgan fingerprint density at radius 3 is 2.56 bits per heavy atom. The molecule has 10 nitrogen and oxygen atoms in total. The smallest absolute Gasteiger partial charge is 0.263 e. The van der Waals surface area contributed by atoms with Gasteiger partial charge in [-0.25, -0.2) is 4.68 Å². The summed E-state index contributed by atoms with van der Waals surface area (Å²) in [4.78, 5) is 41.2. The fourth-order valence-electron chi connectivity index (χ4n) is 3.26. The number of tetrazole rings is 1. The molecule has 0 bridgehead atoms. The molecule has 1 aliphatic rings. The van der Waals surface area contributed by atoms with E-state index in [1.165, 1.54) is 11.0 Å². The number of aryl methyl sites for hydroxylation is 1. The minimum absolute atomic E-state index is 0.0696. The van der Waals surface area contributed by atoms with Crippen LogP contribution in [0.3, 0.4) is 0 Å². The SMILES string of the molecule is CCn1c(C)ccc(C(=O)N2CCCN(C(=O)Cn3cnnn3)CC2)c1=O. The number of rotatable bonds is 4. The number of aromatic nitrogens is 5. The third-order valence-electron chi connectivity index (χ3n) is 4.76. The molecule has 1 aliphatic heterocycles. The molecule has 2 aromatic heterocycles. The highest BCUT2D eigenvalue weighted by molar-refractivity contribution is 5.94. The molecule has 1 saturated heterocycles. The van der Waals surface area contributed by atoms with E-state index >= 15 is 0 Å². The maximum absolute atomic E-state index is 12.9. The Morgan fingerprint density at radius 2 is 1.85 bits per heavy atom. The van der Waals surface area contributed by atoms with Gasteiger partial charge in [0.1, 0.15) is 18.4 Å². The Balaban J connectivity index is 1.68. The molecule has 2 aromatic rings. The summed E-state index contributed by atoms with van der Waals surface area (Å²) in [6, 6.07) is 3.38. The number of hydrogen-bond donors (Lipinski definition) is 0. The summed E-state index contributed by atoms with van der Waals surface area (Å²) in [5, 5.41) is 10.7. The van der Waals surface area contributed by atoms with Crippen LogP contribution < -0.4 is 5.56 Å². The van der Waals surface area contributed by atoms with Crippen molar-refractivity contribution in [1.82, 2.24) is 34.6 Å². The van der Waals surface area contributed by atoms with Gasteiger partial charge in [0, 0.05) is 38.4 Å². The number of pyridine rings is 1. The molecule has 27 heavy (non-hydrogen) atoms. The predicted molar refractivity (Wildman–Crippen MR) is 96.0 cm³/mol. The monoisotopic (exact) mass is 373 g/mol. The van der Waals surface area contributed by atoms with Gasteiger partial charge in [-0.1, -0.05) is 0 Å². The average Bonchev–Trinajstić information content (AvgIpc) is 3.03. The minimum atomic E-state index is -0.281. The van der Waals surface area contributed by atoms with E-state index in [-0.39, 0.29) is 29.5 Å². The lowest BCUT2D eigenvalue weighted by Crippen LogP contribution is -2.40. The first kappa shape index (κ1) is 18.7. The fourth-order valence-corrected chi connectivity index (χ4v) is 3.26. The van der Waals surface area contributed by atoms with Crippen molar-refractivity contribution in [3.63, 3.8) is 0 Å². The molecule has 0 atom stereocenters. The van der Waals surface area contributed by atoms with Gasteiger partial charge in [0.05, 0.1) is 0 Å². The largest absolute Gasteiger partial charge is 0.339 e. The minimum Gasteiger partial charge on any atom is -0.339 e. The van der Waals surface area contributed by atoms with Crippen molar-refractivity contribution >= 4 is 11.8 Å². The number of carbonyl (C=O) groups is 2. The van der Waals surface area contributed by atoms with E-state index in [9.17, 15) is 14.4 Å². The summed E-state index contributed by atoms with van der Waals surface area (Å²) in [6.45, 7) is 6.18. The summed E-state index contributed by atoms with van der Waals surface area (Å²) in [5.41, 5.74) is 0.739. The van der Waals surface area contributed by atoms with Crippen LogP contribution in [0.1, 0.15) is 29.4 Å². The van der Waals surface area contributed by atoms with Crippen LogP contribution in [0.15, 0.2) is 23.3 Å². The standard InChI is InChI=1S/C17H23N7O3/c1-3-24-13(2)5-6-14(17(24)27)16(26)22-8-4-7-21(9-10-22)15(25)11-23-12-18-19-20-23/h5-6,12H,3-4,7-11H2,1-2H3. The topological polar surface area (TPSA) is 106 Å². The molecule has 0 aliphatic carbocycles. The van der Waals surface area contributed by atoms with Crippen molar-refractivity contribution < 1.29 is 9.59 Å². The van der Waals surface area contributed by atoms with Crippen molar-refractivity contribution in [2.45, 2.75) is 33.4 Å². The van der Waals surface area contributed by atoms with Crippen molar-refractivity contribution in [2.24, 2.45) is 0 Å². The zero-order valence-electron chi connectivity index (χ0n) is 15.5. The molecular formula is C17H23N7O3. The van der Waals surface area contributed by atoms with Crippen LogP contribution in [-0.4, -0.2) is 72.6 Å². The fraction of sp³-hybridized carbons (Fsp3) is 0.529. The van der Waals surface area contributed by atoms with Crippen LogP contribution in [0.4, 0.5) is 0 Å². The highest BCUT2D eigenvalue weighted by atomic mass is 16.2. The third kappa shape index (κ3) is 4.04. The molecule has 0 radical (unpaired) electrons. The summed E-state index contributed by atoms with van der Waals surface area (Å²) in [6.07, 6.45) is 2.04. The molecule has 0 unspecified atom stereocenters. The quantitative estimate of drug-likeness (QED) is 0.718. The van der Waals surface area contributed by atoms with Gasteiger partial charge in [-0.15, -0.1) is 5.10 Å². The third-order valence-corrected chi connectivity index (χ3v) is 4.76. The highest BCUT2D eigenvalue weighted by Crippen LogP contribution is 2.09. The van der Waals surface area contributed by atoms with Gasteiger partial charge in [-0.3, -0.25) is 14.4 Å². The van der Waals surface area contributed by atoms with Crippen molar-refractivity contribution in [1.29, 1.82) is 0 Å². The molecule has 3 rings (SSSR count). The van der Waals surface area contributed by atoms with Crippen molar-refractivity contribution in [2.75, 3.05) is 26.2 Å². The molecule has 2 amide bonds. The molecule has 144 valence electrons. The Bertz CT molecular complexity index is 875. The molecule has 10 heteroatoms. The molecule has 1 fully saturated rings. The van der Waals surface area contributed by atoms with Crippen LogP contribution in [-0.2, 0) is 17.9 Å². The van der Waals surface area contributed by atoms with E-state index in [0.29, 0.717) is 39.1 Å².